The minimum Gasteiger partial charge on any atom is -0.347 e. The molecule has 0 saturated heterocycles. The van der Waals surface area contributed by atoms with E-state index in [4.69, 9.17) is 0 Å². The third-order valence-electron chi connectivity index (χ3n) is 4.35. The van der Waals surface area contributed by atoms with Gasteiger partial charge in [-0.1, -0.05) is 45.3 Å². The minimum absolute atomic E-state index is 0.586. The van der Waals surface area contributed by atoms with Crippen LogP contribution in [-0.2, 0) is 0 Å². The second-order valence-electron chi connectivity index (χ2n) is 6.42. The van der Waals surface area contributed by atoms with Gasteiger partial charge in [0.25, 0.3) is 0 Å². The van der Waals surface area contributed by atoms with Crippen LogP contribution in [0.25, 0.3) is 0 Å². The maximum absolute atomic E-state index is 2.47. The summed E-state index contributed by atoms with van der Waals surface area (Å²) in [5.74, 6) is 1.65. The van der Waals surface area contributed by atoms with E-state index in [0.29, 0.717) is 6.04 Å². The third kappa shape index (κ3) is 4.56. The first-order valence-electron chi connectivity index (χ1n) is 8.06. The van der Waals surface area contributed by atoms with Crippen LogP contribution in [0.3, 0.4) is 0 Å². The fraction of sp³-hybridized carbons (Fsp3) is 0.667. The van der Waals surface area contributed by atoms with Gasteiger partial charge in [-0.2, -0.15) is 0 Å². The van der Waals surface area contributed by atoms with Crippen molar-refractivity contribution in [3.63, 3.8) is 0 Å². The van der Waals surface area contributed by atoms with Crippen molar-refractivity contribution in [2.75, 3.05) is 0 Å². The fourth-order valence-electron chi connectivity index (χ4n) is 3.19. The molecule has 0 spiro atoms. The lowest BCUT2D eigenvalue weighted by atomic mass is 9.83. The smallest absolute Gasteiger partial charge is 0.0538 e. The number of hydrogen-bond acceptors (Lipinski definition) is 0. The lowest BCUT2D eigenvalue weighted by molar-refractivity contribution is 0.285. The highest BCUT2D eigenvalue weighted by molar-refractivity contribution is 5.02. The van der Waals surface area contributed by atoms with Crippen LogP contribution in [0.2, 0.25) is 0 Å². The minimum atomic E-state index is 0.586. The summed E-state index contributed by atoms with van der Waals surface area (Å²) in [6.07, 6.45) is 18.9. The van der Waals surface area contributed by atoms with Crippen LogP contribution in [0.15, 0.2) is 36.7 Å². The monoisotopic (exact) mass is 259 g/mol. The summed E-state index contributed by atoms with van der Waals surface area (Å²) >= 11 is 0. The van der Waals surface area contributed by atoms with E-state index in [-0.39, 0.29) is 0 Å². The summed E-state index contributed by atoms with van der Waals surface area (Å²) in [4.78, 5) is 0. The maximum atomic E-state index is 2.47. The van der Waals surface area contributed by atoms with Crippen LogP contribution >= 0.6 is 0 Å². The van der Waals surface area contributed by atoms with Gasteiger partial charge < -0.3 is 4.57 Å². The Morgan fingerprint density at radius 1 is 1.11 bits per heavy atom. The Balaban J connectivity index is 1.98. The molecule has 1 heteroatoms. The molecule has 0 radical (unpaired) electrons. The molecule has 2 rings (SSSR count). The second kappa shape index (κ2) is 7.57. The van der Waals surface area contributed by atoms with Gasteiger partial charge in [0.2, 0.25) is 0 Å². The van der Waals surface area contributed by atoms with Crippen LogP contribution in [0, 0.1) is 11.8 Å². The molecule has 0 N–H and O–H groups in total. The van der Waals surface area contributed by atoms with Crippen molar-refractivity contribution in [3.05, 3.63) is 36.7 Å². The van der Waals surface area contributed by atoms with Gasteiger partial charge in [-0.05, 0) is 49.7 Å². The molecule has 1 aromatic heterocycles. The molecule has 1 atom stereocenters. The highest BCUT2D eigenvalue weighted by Crippen LogP contribution is 2.34. The molecule has 1 nitrogen and oxygen atoms in total. The summed E-state index contributed by atoms with van der Waals surface area (Å²) < 4.78 is 2.40. The molecule has 1 aliphatic carbocycles. The van der Waals surface area contributed by atoms with Crippen molar-refractivity contribution < 1.29 is 0 Å². The van der Waals surface area contributed by atoms with Gasteiger partial charge in [0.1, 0.15) is 0 Å². The molecule has 1 aliphatic rings. The third-order valence-corrected chi connectivity index (χ3v) is 4.35. The standard InChI is InChI=1S/C18H29N/c1-16(2)10-6-7-13-18(19-14-8-9-15-19)17-11-4-3-5-12-17/h7-9,13-18H,3-6,10-12H2,1-2H3/b13-7+. The molecule has 0 aliphatic heterocycles. The predicted molar refractivity (Wildman–Crippen MR) is 83.3 cm³/mol. The van der Waals surface area contributed by atoms with Gasteiger partial charge in [0.05, 0.1) is 6.04 Å². The number of allylic oxidation sites excluding steroid dienone is 2. The maximum Gasteiger partial charge on any atom is 0.0538 e. The molecule has 19 heavy (non-hydrogen) atoms. The zero-order valence-corrected chi connectivity index (χ0v) is 12.6. The van der Waals surface area contributed by atoms with Gasteiger partial charge in [-0.15, -0.1) is 0 Å². The van der Waals surface area contributed by atoms with Crippen molar-refractivity contribution >= 4 is 0 Å². The molecule has 1 fully saturated rings. The Hall–Kier alpha value is -0.980. The van der Waals surface area contributed by atoms with Crippen molar-refractivity contribution in [1.82, 2.24) is 4.57 Å². The summed E-state index contributed by atoms with van der Waals surface area (Å²) in [5, 5.41) is 0. The zero-order valence-electron chi connectivity index (χ0n) is 12.6. The van der Waals surface area contributed by atoms with E-state index in [2.05, 4.69) is 55.1 Å². The van der Waals surface area contributed by atoms with Gasteiger partial charge in [0.15, 0.2) is 0 Å². The fourth-order valence-corrected chi connectivity index (χ4v) is 3.19. The van der Waals surface area contributed by atoms with E-state index in [1.54, 1.807) is 0 Å². The number of nitrogens with zero attached hydrogens (tertiary/aromatic N) is 1. The SMILES string of the molecule is CC(C)CC/C=C/C(C1CCCCC1)n1cccc1. The van der Waals surface area contributed by atoms with Crippen molar-refractivity contribution in [3.8, 4) is 0 Å². The van der Waals surface area contributed by atoms with E-state index in [1.165, 1.54) is 44.9 Å². The normalized spacial score (nSPS) is 19.3. The number of rotatable bonds is 6. The van der Waals surface area contributed by atoms with Gasteiger partial charge >= 0.3 is 0 Å². The molecule has 1 saturated carbocycles. The molecular formula is C18H29N. The average molecular weight is 259 g/mol. The Labute approximate surface area is 118 Å². The molecule has 1 heterocycles. The molecule has 1 unspecified atom stereocenters. The highest BCUT2D eigenvalue weighted by atomic mass is 15.0. The molecule has 106 valence electrons. The second-order valence-corrected chi connectivity index (χ2v) is 6.42. The number of hydrogen-bond donors (Lipinski definition) is 0. The largest absolute Gasteiger partial charge is 0.347 e. The average Bonchev–Trinajstić information content (AvgIpc) is 2.93. The van der Waals surface area contributed by atoms with Crippen LogP contribution in [-0.4, -0.2) is 4.57 Å². The topological polar surface area (TPSA) is 4.93 Å². The Morgan fingerprint density at radius 3 is 2.42 bits per heavy atom. The quantitative estimate of drug-likeness (QED) is 0.586. The molecule has 0 aromatic carbocycles. The summed E-state index contributed by atoms with van der Waals surface area (Å²) in [7, 11) is 0. The Kier molecular flexibility index (Phi) is 5.75. The van der Waals surface area contributed by atoms with E-state index in [1.807, 2.05) is 0 Å². The number of aromatic nitrogens is 1. The highest BCUT2D eigenvalue weighted by Gasteiger charge is 2.22. The van der Waals surface area contributed by atoms with Gasteiger partial charge in [-0.3, -0.25) is 0 Å². The Morgan fingerprint density at radius 2 is 1.79 bits per heavy atom. The first-order chi connectivity index (χ1) is 9.27. The van der Waals surface area contributed by atoms with Crippen molar-refractivity contribution in [2.45, 2.75) is 64.8 Å². The lowest BCUT2D eigenvalue weighted by Crippen LogP contribution is -2.19. The molecular weight excluding hydrogens is 230 g/mol. The first kappa shape index (κ1) is 14.4. The molecule has 0 bridgehead atoms. The van der Waals surface area contributed by atoms with E-state index in [9.17, 15) is 0 Å². The summed E-state index contributed by atoms with van der Waals surface area (Å²) in [6.45, 7) is 4.61. The van der Waals surface area contributed by atoms with E-state index < -0.39 is 0 Å². The van der Waals surface area contributed by atoms with E-state index >= 15 is 0 Å². The summed E-state index contributed by atoms with van der Waals surface area (Å²) in [5.41, 5.74) is 0. The summed E-state index contributed by atoms with van der Waals surface area (Å²) in [6, 6.07) is 4.89. The lowest BCUT2D eigenvalue weighted by Gasteiger charge is -2.29. The van der Waals surface area contributed by atoms with Crippen LogP contribution in [0.4, 0.5) is 0 Å². The van der Waals surface area contributed by atoms with Crippen molar-refractivity contribution in [1.29, 1.82) is 0 Å². The van der Waals surface area contributed by atoms with Crippen LogP contribution in [0.1, 0.15) is 64.8 Å². The Bertz CT molecular complexity index is 355. The van der Waals surface area contributed by atoms with Gasteiger partial charge in [0, 0.05) is 12.4 Å². The van der Waals surface area contributed by atoms with Crippen molar-refractivity contribution in [2.24, 2.45) is 11.8 Å². The zero-order chi connectivity index (χ0) is 13.5. The van der Waals surface area contributed by atoms with Gasteiger partial charge in [-0.25, -0.2) is 0 Å². The van der Waals surface area contributed by atoms with Crippen LogP contribution < -0.4 is 0 Å². The van der Waals surface area contributed by atoms with Crippen LogP contribution in [0.5, 0.6) is 0 Å². The van der Waals surface area contributed by atoms with E-state index in [0.717, 1.165) is 11.8 Å². The first-order valence-corrected chi connectivity index (χ1v) is 8.06. The molecule has 0 amide bonds. The molecule has 1 aromatic rings. The predicted octanol–water partition coefficient (Wildman–Crippen LogP) is 5.60.